The first kappa shape index (κ1) is 16.0. The third-order valence-electron chi connectivity index (χ3n) is 3.94. The lowest BCUT2D eigenvalue weighted by Crippen LogP contribution is -2.44. The predicted octanol–water partition coefficient (Wildman–Crippen LogP) is 3.25. The minimum Gasteiger partial charge on any atom is -0.480 e. The predicted molar refractivity (Wildman–Crippen MR) is 83.9 cm³/mol. The molecule has 0 fully saturated rings. The molecule has 116 valence electrons. The van der Waals surface area contributed by atoms with E-state index in [1.807, 2.05) is 6.07 Å². The van der Waals surface area contributed by atoms with Gasteiger partial charge in [-0.15, -0.1) is 11.3 Å². The zero-order valence-electron chi connectivity index (χ0n) is 12.6. The number of hydrogen-bond donors (Lipinski definition) is 2. The maximum absolute atomic E-state index is 12.3. The Hall–Kier alpha value is -1.36. The van der Waals surface area contributed by atoms with Crippen molar-refractivity contribution in [1.29, 1.82) is 0 Å². The molecule has 1 unspecified atom stereocenters. The third kappa shape index (κ3) is 4.06. The smallest absolute Gasteiger partial charge is 0.326 e. The number of thiophene rings is 1. The molecular formula is C16H23NO3S. The second-order valence-corrected chi connectivity index (χ2v) is 7.14. The van der Waals surface area contributed by atoms with Gasteiger partial charge in [0.2, 0.25) is 0 Å². The highest BCUT2D eigenvalue weighted by molar-refractivity contribution is 7.14. The van der Waals surface area contributed by atoms with Crippen LogP contribution in [0.1, 0.15) is 59.6 Å². The molecule has 5 heteroatoms. The number of aryl methyl sites for hydroxylation is 2. The molecule has 0 saturated heterocycles. The van der Waals surface area contributed by atoms with Gasteiger partial charge in [0.25, 0.3) is 5.91 Å². The fourth-order valence-electron chi connectivity index (χ4n) is 2.68. The van der Waals surface area contributed by atoms with Crippen molar-refractivity contribution in [3.8, 4) is 0 Å². The zero-order valence-corrected chi connectivity index (χ0v) is 13.5. The van der Waals surface area contributed by atoms with Crippen LogP contribution >= 0.6 is 11.3 Å². The van der Waals surface area contributed by atoms with Crippen LogP contribution in [0.4, 0.5) is 0 Å². The van der Waals surface area contributed by atoms with Gasteiger partial charge in [0.1, 0.15) is 6.04 Å². The highest BCUT2D eigenvalue weighted by Gasteiger charge is 2.25. The summed E-state index contributed by atoms with van der Waals surface area (Å²) in [6.45, 7) is 3.60. The Labute approximate surface area is 129 Å². The Morgan fingerprint density at radius 2 is 1.86 bits per heavy atom. The van der Waals surface area contributed by atoms with Crippen molar-refractivity contribution in [3.63, 3.8) is 0 Å². The molecule has 1 amide bonds. The first-order valence-electron chi connectivity index (χ1n) is 7.64. The van der Waals surface area contributed by atoms with Crippen LogP contribution in [-0.2, 0) is 17.6 Å². The fourth-order valence-corrected chi connectivity index (χ4v) is 3.84. The van der Waals surface area contributed by atoms with Crippen molar-refractivity contribution in [1.82, 2.24) is 5.32 Å². The van der Waals surface area contributed by atoms with E-state index in [4.69, 9.17) is 5.11 Å². The summed E-state index contributed by atoms with van der Waals surface area (Å²) >= 11 is 1.53. The molecule has 0 spiro atoms. The molecule has 1 aromatic rings. The van der Waals surface area contributed by atoms with Crippen LogP contribution in [-0.4, -0.2) is 23.0 Å². The number of carboxylic acids is 1. The average Bonchev–Trinajstić information content (AvgIpc) is 2.77. The van der Waals surface area contributed by atoms with E-state index >= 15 is 0 Å². The van der Waals surface area contributed by atoms with E-state index in [1.54, 1.807) is 13.8 Å². The minimum atomic E-state index is -0.978. The monoisotopic (exact) mass is 309 g/mol. The van der Waals surface area contributed by atoms with E-state index in [0.29, 0.717) is 4.88 Å². The maximum atomic E-state index is 12.3. The standard InChI is InChI=1S/C16H23NO3S/c1-10(2)14(16(19)20)17-15(18)13-9-11-7-5-3-4-6-8-12(11)21-13/h9-10,14H,3-8H2,1-2H3,(H,17,18)(H,19,20). The highest BCUT2D eigenvalue weighted by atomic mass is 32.1. The SMILES string of the molecule is CC(C)C(NC(=O)c1cc2c(s1)CCCCCC2)C(=O)O. The molecule has 1 aliphatic carbocycles. The maximum Gasteiger partial charge on any atom is 0.326 e. The first-order chi connectivity index (χ1) is 9.99. The second-order valence-electron chi connectivity index (χ2n) is 6.01. The van der Waals surface area contributed by atoms with Crippen LogP contribution in [0.3, 0.4) is 0 Å². The van der Waals surface area contributed by atoms with Gasteiger partial charge in [-0.2, -0.15) is 0 Å². The van der Waals surface area contributed by atoms with Gasteiger partial charge < -0.3 is 10.4 Å². The Balaban J connectivity index is 2.12. The fraction of sp³-hybridized carbons (Fsp3) is 0.625. The van der Waals surface area contributed by atoms with Crippen molar-refractivity contribution in [2.45, 2.75) is 58.4 Å². The van der Waals surface area contributed by atoms with Gasteiger partial charge in [-0.1, -0.05) is 26.7 Å². The minimum absolute atomic E-state index is 0.132. The number of nitrogens with one attached hydrogen (secondary N) is 1. The molecule has 2 N–H and O–H groups in total. The normalized spacial score (nSPS) is 16.7. The van der Waals surface area contributed by atoms with Gasteiger partial charge in [-0.3, -0.25) is 4.79 Å². The van der Waals surface area contributed by atoms with Gasteiger partial charge in [0.05, 0.1) is 4.88 Å². The summed E-state index contributed by atoms with van der Waals surface area (Å²) in [6, 6.07) is 1.13. The number of hydrogen-bond acceptors (Lipinski definition) is 3. The topological polar surface area (TPSA) is 66.4 Å². The number of fused-ring (bicyclic) bond motifs is 1. The van der Waals surface area contributed by atoms with Crippen LogP contribution in [0.15, 0.2) is 6.07 Å². The van der Waals surface area contributed by atoms with Crippen molar-refractivity contribution >= 4 is 23.2 Å². The highest BCUT2D eigenvalue weighted by Crippen LogP contribution is 2.28. The van der Waals surface area contributed by atoms with Crippen LogP contribution in [0.5, 0.6) is 0 Å². The van der Waals surface area contributed by atoms with E-state index in [9.17, 15) is 9.59 Å². The quantitative estimate of drug-likeness (QED) is 0.897. The molecule has 0 aromatic carbocycles. The number of amides is 1. The Morgan fingerprint density at radius 3 is 2.48 bits per heavy atom. The van der Waals surface area contributed by atoms with Crippen molar-refractivity contribution < 1.29 is 14.7 Å². The molecule has 21 heavy (non-hydrogen) atoms. The Bertz CT molecular complexity index is 496. The van der Waals surface area contributed by atoms with Crippen molar-refractivity contribution in [2.75, 3.05) is 0 Å². The van der Waals surface area contributed by atoms with E-state index in [2.05, 4.69) is 5.32 Å². The zero-order chi connectivity index (χ0) is 15.4. The summed E-state index contributed by atoms with van der Waals surface area (Å²) < 4.78 is 0. The second kappa shape index (κ2) is 7.07. The molecule has 2 rings (SSSR count). The molecule has 1 atom stereocenters. The van der Waals surface area contributed by atoms with E-state index < -0.39 is 12.0 Å². The molecule has 0 aliphatic heterocycles. The summed E-state index contributed by atoms with van der Waals surface area (Å²) in [5.41, 5.74) is 1.28. The number of aliphatic carboxylic acids is 1. The lowest BCUT2D eigenvalue weighted by Gasteiger charge is -2.17. The van der Waals surface area contributed by atoms with Crippen LogP contribution < -0.4 is 5.32 Å². The molecule has 0 saturated carbocycles. The first-order valence-corrected chi connectivity index (χ1v) is 8.46. The molecule has 1 aromatic heterocycles. The summed E-state index contributed by atoms with van der Waals surface area (Å²) in [5.74, 6) is -1.37. The Morgan fingerprint density at radius 1 is 1.19 bits per heavy atom. The van der Waals surface area contributed by atoms with E-state index in [1.165, 1.54) is 47.5 Å². The molecule has 1 heterocycles. The molecule has 0 bridgehead atoms. The summed E-state index contributed by atoms with van der Waals surface area (Å²) in [4.78, 5) is 25.4. The van der Waals surface area contributed by atoms with Crippen LogP contribution in [0, 0.1) is 5.92 Å². The van der Waals surface area contributed by atoms with Crippen molar-refractivity contribution in [2.24, 2.45) is 5.92 Å². The molecule has 1 aliphatic rings. The van der Waals surface area contributed by atoms with Gasteiger partial charge in [0.15, 0.2) is 0 Å². The number of carbonyl (C=O) groups excluding carboxylic acids is 1. The summed E-state index contributed by atoms with van der Waals surface area (Å²) in [5, 5.41) is 11.8. The molecule has 0 radical (unpaired) electrons. The molecular weight excluding hydrogens is 286 g/mol. The van der Waals surface area contributed by atoms with Gasteiger partial charge >= 0.3 is 5.97 Å². The van der Waals surface area contributed by atoms with Gasteiger partial charge in [-0.25, -0.2) is 4.79 Å². The van der Waals surface area contributed by atoms with Crippen molar-refractivity contribution in [3.05, 3.63) is 21.4 Å². The largest absolute Gasteiger partial charge is 0.480 e. The Kier molecular flexibility index (Phi) is 5.39. The van der Waals surface area contributed by atoms with Crippen LogP contribution in [0.25, 0.3) is 0 Å². The van der Waals surface area contributed by atoms with E-state index in [0.717, 1.165) is 12.8 Å². The lowest BCUT2D eigenvalue weighted by molar-refractivity contribution is -0.140. The van der Waals surface area contributed by atoms with Crippen LogP contribution in [0.2, 0.25) is 0 Å². The number of carboxylic acid groups (broad SMARTS) is 1. The molecule has 4 nitrogen and oxygen atoms in total. The summed E-state index contributed by atoms with van der Waals surface area (Å²) in [6.07, 6.45) is 6.94. The van der Waals surface area contributed by atoms with E-state index in [-0.39, 0.29) is 11.8 Å². The van der Waals surface area contributed by atoms with Gasteiger partial charge in [0, 0.05) is 4.88 Å². The average molecular weight is 309 g/mol. The lowest BCUT2D eigenvalue weighted by atomic mass is 9.99. The van der Waals surface area contributed by atoms with Gasteiger partial charge in [-0.05, 0) is 43.2 Å². The number of rotatable bonds is 4. The summed E-state index contributed by atoms with van der Waals surface area (Å²) in [7, 11) is 0. The third-order valence-corrected chi connectivity index (χ3v) is 5.18. The number of carbonyl (C=O) groups is 2.